The maximum atomic E-state index is 13.6. The number of anilines is 1. The Kier molecular flexibility index (Phi) is 8.88. The van der Waals surface area contributed by atoms with Gasteiger partial charge in [-0.25, -0.2) is 8.42 Å². The zero-order valence-electron chi connectivity index (χ0n) is 21.1. The van der Waals surface area contributed by atoms with Crippen LogP contribution in [0.3, 0.4) is 0 Å². The van der Waals surface area contributed by atoms with E-state index >= 15 is 0 Å². The van der Waals surface area contributed by atoms with Crippen LogP contribution in [-0.4, -0.2) is 50.0 Å². The maximum Gasteiger partial charge on any atom is 0.416 e. The summed E-state index contributed by atoms with van der Waals surface area (Å²) < 4.78 is 65.6. The lowest BCUT2D eigenvalue weighted by Crippen LogP contribution is -2.52. The molecule has 0 aliphatic heterocycles. The van der Waals surface area contributed by atoms with Crippen molar-refractivity contribution in [2.45, 2.75) is 64.3 Å². The molecule has 0 saturated heterocycles. The molecule has 2 aromatic carbocycles. The molecule has 0 spiro atoms. The van der Waals surface area contributed by atoms with Crippen LogP contribution in [0, 0.1) is 6.92 Å². The van der Waals surface area contributed by atoms with Gasteiger partial charge in [-0.05, 0) is 56.0 Å². The topological polar surface area (TPSA) is 86.8 Å². The fourth-order valence-electron chi connectivity index (χ4n) is 4.40. The number of benzene rings is 2. The molecule has 37 heavy (non-hydrogen) atoms. The first-order valence-corrected chi connectivity index (χ1v) is 13.9. The molecule has 2 amide bonds. The van der Waals surface area contributed by atoms with Gasteiger partial charge >= 0.3 is 6.18 Å². The molecule has 1 aliphatic carbocycles. The molecule has 1 unspecified atom stereocenters. The normalized spacial score (nSPS) is 15.3. The van der Waals surface area contributed by atoms with E-state index in [9.17, 15) is 31.2 Å². The summed E-state index contributed by atoms with van der Waals surface area (Å²) in [4.78, 5) is 27.9. The molecule has 1 atom stereocenters. The minimum Gasteiger partial charge on any atom is -0.352 e. The van der Waals surface area contributed by atoms with Crippen molar-refractivity contribution < 1.29 is 31.2 Å². The van der Waals surface area contributed by atoms with Crippen molar-refractivity contribution >= 4 is 27.5 Å². The molecule has 0 aromatic heterocycles. The number of rotatable bonds is 9. The van der Waals surface area contributed by atoms with Gasteiger partial charge < -0.3 is 10.2 Å². The van der Waals surface area contributed by atoms with Crippen LogP contribution < -0.4 is 9.62 Å². The smallest absolute Gasteiger partial charge is 0.352 e. The van der Waals surface area contributed by atoms with Crippen LogP contribution in [0.2, 0.25) is 0 Å². The standard InChI is InChI=1S/C26H32F3N3O4S/c1-18-9-4-5-10-20(18)16-31(19(2)25(34)30-22-12-6-7-13-22)24(33)17-32(37(3,35)36)23-14-8-11-21(15-23)26(27,28)29/h4-5,8-11,14-15,19,22H,6-7,12-13,16-17H2,1-3H3,(H,30,34). The predicted molar refractivity (Wildman–Crippen MR) is 135 cm³/mol. The Morgan fingerprint density at radius 2 is 1.73 bits per heavy atom. The molecule has 1 saturated carbocycles. The summed E-state index contributed by atoms with van der Waals surface area (Å²) in [5, 5.41) is 2.96. The number of carbonyl (C=O) groups is 2. The number of halogens is 3. The molecule has 0 bridgehead atoms. The van der Waals surface area contributed by atoms with Crippen molar-refractivity contribution in [2.75, 3.05) is 17.1 Å². The van der Waals surface area contributed by atoms with Crippen LogP contribution in [0.15, 0.2) is 48.5 Å². The summed E-state index contributed by atoms with van der Waals surface area (Å²) in [5.41, 5.74) is 0.319. The minimum absolute atomic E-state index is 0.0167. The second-order valence-corrected chi connectivity index (χ2v) is 11.3. The van der Waals surface area contributed by atoms with E-state index < -0.39 is 40.3 Å². The second kappa shape index (κ2) is 11.5. The first kappa shape index (κ1) is 28.5. The van der Waals surface area contributed by atoms with Gasteiger partial charge in [0.15, 0.2) is 0 Å². The van der Waals surface area contributed by atoms with Crippen LogP contribution >= 0.6 is 0 Å². The van der Waals surface area contributed by atoms with Gasteiger partial charge in [0, 0.05) is 12.6 Å². The molecular weight excluding hydrogens is 507 g/mol. The van der Waals surface area contributed by atoms with Crippen LogP contribution in [0.5, 0.6) is 0 Å². The van der Waals surface area contributed by atoms with Crippen LogP contribution in [-0.2, 0) is 32.3 Å². The zero-order chi connectivity index (χ0) is 27.4. The lowest BCUT2D eigenvalue weighted by molar-refractivity contribution is -0.139. The number of amides is 2. The predicted octanol–water partition coefficient (Wildman–Crippen LogP) is 4.26. The van der Waals surface area contributed by atoms with Crippen LogP contribution in [0.1, 0.15) is 49.3 Å². The minimum atomic E-state index is -4.69. The van der Waals surface area contributed by atoms with E-state index in [0.29, 0.717) is 10.4 Å². The molecular formula is C26H32F3N3O4S. The fraction of sp³-hybridized carbons (Fsp3) is 0.462. The van der Waals surface area contributed by atoms with E-state index in [-0.39, 0.29) is 24.2 Å². The molecule has 202 valence electrons. The summed E-state index contributed by atoms with van der Waals surface area (Å²) in [6.07, 6.45) is -0.157. The SMILES string of the molecule is Cc1ccccc1CN(C(=O)CN(c1cccc(C(F)(F)F)c1)S(C)(=O)=O)C(C)C(=O)NC1CCCC1. The second-order valence-electron chi connectivity index (χ2n) is 9.43. The number of aryl methyl sites for hydroxylation is 1. The molecule has 7 nitrogen and oxygen atoms in total. The molecule has 1 fully saturated rings. The monoisotopic (exact) mass is 539 g/mol. The third-order valence-electron chi connectivity index (χ3n) is 6.61. The highest BCUT2D eigenvalue weighted by Gasteiger charge is 2.34. The highest BCUT2D eigenvalue weighted by molar-refractivity contribution is 7.92. The van der Waals surface area contributed by atoms with Crippen LogP contribution in [0.4, 0.5) is 18.9 Å². The quantitative estimate of drug-likeness (QED) is 0.516. The molecule has 1 aliphatic rings. The highest BCUT2D eigenvalue weighted by atomic mass is 32.2. The van der Waals surface area contributed by atoms with Gasteiger partial charge in [0.25, 0.3) is 0 Å². The van der Waals surface area contributed by atoms with E-state index in [1.54, 1.807) is 19.1 Å². The van der Waals surface area contributed by atoms with Crippen molar-refractivity contribution in [3.05, 3.63) is 65.2 Å². The van der Waals surface area contributed by atoms with Gasteiger partial charge in [0.2, 0.25) is 21.8 Å². The van der Waals surface area contributed by atoms with Crippen molar-refractivity contribution in [1.82, 2.24) is 10.2 Å². The van der Waals surface area contributed by atoms with Gasteiger partial charge in [-0.1, -0.05) is 43.2 Å². The van der Waals surface area contributed by atoms with E-state index in [4.69, 9.17) is 0 Å². The summed E-state index contributed by atoms with van der Waals surface area (Å²) in [6, 6.07) is 10.2. The zero-order valence-corrected chi connectivity index (χ0v) is 21.9. The van der Waals surface area contributed by atoms with Gasteiger partial charge in [-0.2, -0.15) is 13.2 Å². The van der Waals surface area contributed by atoms with E-state index in [2.05, 4.69) is 5.32 Å². The van der Waals surface area contributed by atoms with E-state index in [0.717, 1.165) is 55.2 Å². The molecule has 0 radical (unpaired) electrons. The first-order chi connectivity index (χ1) is 17.3. The summed E-state index contributed by atoms with van der Waals surface area (Å²) in [5.74, 6) is -1.07. The molecule has 1 N–H and O–H groups in total. The van der Waals surface area contributed by atoms with E-state index in [1.807, 2.05) is 19.1 Å². The lowest BCUT2D eigenvalue weighted by Gasteiger charge is -2.32. The summed E-state index contributed by atoms with van der Waals surface area (Å²) in [7, 11) is -4.14. The Balaban J connectivity index is 1.92. The summed E-state index contributed by atoms with van der Waals surface area (Å²) in [6.45, 7) is 2.69. The number of nitrogens with zero attached hydrogens (tertiary/aromatic N) is 2. The Morgan fingerprint density at radius 3 is 2.32 bits per heavy atom. The van der Waals surface area contributed by atoms with Crippen molar-refractivity contribution in [3.63, 3.8) is 0 Å². The molecule has 3 rings (SSSR count). The van der Waals surface area contributed by atoms with Gasteiger partial charge in [-0.15, -0.1) is 0 Å². The van der Waals surface area contributed by atoms with Crippen molar-refractivity contribution in [2.24, 2.45) is 0 Å². The van der Waals surface area contributed by atoms with Crippen molar-refractivity contribution in [3.8, 4) is 0 Å². The third kappa shape index (κ3) is 7.47. The lowest BCUT2D eigenvalue weighted by atomic mass is 10.1. The fourth-order valence-corrected chi connectivity index (χ4v) is 5.24. The Hall–Kier alpha value is -3.08. The number of carbonyl (C=O) groups excluding carboxylic acids is 2. The van der Waals surface area contributed by atoms with E-state index in [1.165, 1.54) is 11.0 Å². The first-order valence-electron chi connectivity index (χ1n) is 12.1. The largest absolute Gasteiger partial charge is 0.416 e. The Bertz CT molecular complexity index is 1230. The van der Waals surface area contributed by atoms with Gasteiger partial charge in [-0.3, -0.25) is 13.9 Å². The third-order valence-corrected chi connectivity index (χ3v) is 7.75. The number of sulfonamides is 1. The molecule has 0 heterocycles. The Morgan fingerprint density at radius 1 is 1.08 bits per heavy atom. The van der Waals surface area contributed by atoms with Crippen molar-refractivity contribution in [1.29, 1.82) is 0 Å². The van der Waals surface area contributed by atoms with Gasteiger partial charge in [0.05, 0.1) is 17.5 Å². The average Bonchev–Trinajstić information content (AvgIpc) is 3.33. The highest BCUT2D eigenvalue weighted by Crippen LogP contribution is 2.32. The van der Waals surface area contributed by atoms with Gasteiger partial charge in [0.1, 0.15) is 12.6 Å². The molecule has 11 heteroatoms. The maximum absolute atomic E-state index is 13.6. The molecule has 2 aromatic rings. The summed E-state index contributed by atoms with van der Waals surface area (Å²) >= 11 is 0. The number of nitrogens with one attached hydrogen (secondary N) is 1. The van der Waals surface area contributed by atoms with Crippen LogP contribution in [0.25, 0.3) is 0 Å². The average molecular weight is 540 g/mol. The number of alkyl halides is 3. The number of hydrogen-bond donors (Lipinski definition) is 1. The number of hydrogen-bond acceptors (Lipinski definition) is 4. The Labute approximate surface area is 215 Å².